The van der Waals surface area contributed by atoms with Gasteiger partial charge in [0.1, 0.15) is 5.82 Å². The molecule has 1 N–H and O–H groups in total. The van der Waals surface area contributed by atoms with E-state index in [-0.39, 0.29) is 17.6 Å². The van der Waals surface area contributed by atoms with Gasteiger partial charge in [0, 0.05) is 24.6 Å². The van der Waals surface area contributed by atoms with Gasteiger partial charge in [-0.25, -0.2) is 4.39 Å². The highest BCUT2D eigenvalue weighted by molar-refractivity contribution is 5.94. The van der Waals surface area contributed by atoms with Crippen molar-refractivity contribution in [3.63, 3.8) is 0 Å². The minimum atomic E-state index is -0.689. The maximum atomic E-state index is 14.0. The third-order valence-electron chi connectivity index (χ3n) is 5.05. The van der Waals surface area contributed by atoms with Crippen LogP contribution < -0.4 is 0 Å². The number of benzene rings is 2. The monoisotopic (exact) mass is 355 g/mol. The Hall–Kier alpha value is -2.20. The van der Waals surface area contributed by atoms with E-state index in [4.69, 9.17) is 0 Å². The number of halogens is 1. The van der Waals surface area contributed by atoms with Gasteiger partial charge >= 0.3 is 0 Å². The van der Waals surface area contributed by atoms with E-state index < -0.39 is 5.60 Å². The summed E-state index contributed by atoms with van der Waals surface area (Å²) in [7, 11) is 0. The zero-order valence-corrected chi connectivity index (χ0v) is 15.4. The Morgan fingerprint density at radius 3 is 2.54 bits per heavy atom. The Morgan fingerprint density at radius 2 is 1.88 bits per heavy atom. The number of nitrogens with zero attached hydrogens (tertiary/aromatic N) is 1. The van der Waals surface area contributed by atoms with E-state index in [0.29, 0.717) is 30.6 Å². The zero-order valence-electron chi connectivity index (χ0n) is 15.4. The number of hydrogen-bond acceptors (Lipinski definition) is 2. The second-order valence-electron chi connectivity index (χ2n) is 7.77. The van der Waals surface area contributed by atoms with Gasteiger partial charge in [0.05, 0.1) is 5.60 Å². The number of hydrogen-bond donors (Lipinski definition) is 1. The molecule has 3 rings (SSSR count). The summed E-state index contributed by atoms with van der Waals surface area (Å²) in [5.41, 5.74) is 1.77. The van der Waals surface area contributed by atoms with E-state index in [2.05, 4.69) is 0 Å². The number of carbonyl (C=O) groups excluding carboxylic acids is 1. The Kier molecular flexibility index (Phi) is 5.42. The fourth-order valence-electron chi connectivity index (χ4n) is 3.45. The maximum absolute atomic E-state index is 14.0. The Bertz CT molecular complexity index is 764. The van der Waals surface area contributed by atoms with E-state index in [1.165, 1.54) is 6.07 Å². The van der Waals surface area contributed by atoms with Gasteiger partial charge in [-0.2, -0.15) is 0 Å². The van der Waals surface area contributed by atoms with E-state index in [0.717, 1.165) is 18.4 Å². The molecule has 0 aliphatic carbocycles. The molecule has 2 aromatic rings. The molecule has 0 saturated carbocycles. The molecule has 138 valence electrons. The minimum absolute atomic E-state index is 0.00197. The summed E-state index contributed by atoms with van der Waals surface area (Å²) in [4.78, 5) is 14.5. The van der Waals surface area contributed by atoms with Crippen molar-refractivity contribution >= 4 is 5.91 Å². The first-order valence-corrected chi connectivity index (χ1v) is 9.18. The van der Waals surface area contributed by atoms with Crippen molar-refractivity contribution in [3.05, 3.63) is 71.0 Å². The molecular formula is C22H26FNO2. The average molecular weight is 355 g/mol. The van der Waals surface area contributed by atoms with Crippen molar-refractivity contribution < 1.29 is 14.3 Å². The van der Waals surface area contributed by atoms with Crippen molar-refractivity contribution in [2.75, 3.05) is 13.1 Å². The fraction of sp³-hybridized carbons (Fsp3) is 0.409. The lowest BCUT2D eigenvalue weighted by Gasteiger charge is -2.18. The normalized spacial score (nSPS) is 17.5. The highest BCUT2D eigenvalue weighted by atomic mass is 19.1. The van der Waals surface area contributed by atoms with Gasteiger partial charge in [0.25, 0.3) is 5.91 Å². The molecule has 0 aromatic heterocycles. The molecule has 0 spiro atoms. The van der Waals surface area contributed by atoms with Crippen LogP contribution in [0.25, 0.3) is 0 Å². The number of rotatable bonds is 5. The van der Waals surface area contributed by atoms with Gasteiger partial charge < -0.3 is 10.0 Å². The highest BCUT2D eigenvalue weighted by Gasteiger charge is 2.29. The van der Waals surface area contributed by atoms with Crippen LogP contribution in [0.15, 0.2) is 48.5 Å². The number of likely N-dealkylation sites (tertiary alicyclic amines) is 1. The number of amides is 1. The van der Waals surface area contributed by atoms with Gasteiger partial charge in [0.15, 0.2) is 0 Å². The summed E-state index contributed by atoms with van der Waals surface area (Å²) in [6.07, 6.45) is 2.24. The molecule has 1 aliphatic heterocycles. The van der Waals surface area contributed by atoms with Crippen molar-refractivity contribution in [1.82, 2.24) is 4.90 Å². The molecule has 1 saturated heterocycles. The first-order valence-electron chi connectivity index (χ1n) is 9.18. The van der Waals surface area contributed by atoms with Crippen LogP contribution in [0, 0.1) is 5.82 Å². The zero-order chi connectivity index (χ0) is 18.7. The number of aryl methyl sites for hydroxylation is 1. The maximum Gasteiger partial charge on any atom is 0.253 e. The van der Waals surface area contributed by atoms with E-state index in [9.17, 15) is 14.3 Å². The lowest BCUT2D eigenvalue weighted by Crippen LogP contribution is -2.28. The van der Waals surface area contributed by atoms with E-state index in [1.807, 2.05) is 41.3 Å². The molecule has 2 aromatic carbocycles. The predicted molar refractivity (Wildman–Crippen MR) is 101 cm³/mol. The molecule has 0 unspecified atom stereocenters. The molecule has 0 radical (unpaired) electrons. The Balaban J connectivity index is 1.62. The van der Waals surface area contributed by atoms with Crippen molar-refractivity contribution in [2.45, 2.75) is 44.6 Å². The van der Waals surface area contributed by atoms with Crippen molar-refractivity contribution in [1.29, 1.82) is 0 Å². The lowest BCUT2D eigenvalue weighted by atomic mass is 9.98. The van der Waals surface area contributed by atoms with Gasteiger partial charge in [0.2, 0.25) is 0 Å². The first-order chi connectivity index (χ1) is 12.3. The molecule has 4 heteroatoms. The van der Waals surface area contributed by atoms with Gasteiger partial charge in [-0.1, -0.05) is 30.3 Å². The number of carbonyl (C=O) groups is 1. The van der Waals surface area contributed by atoms with Gasteiger partial charge in [-0.05, 0) is 62.4 Å². The summed E-state index contributed by atoms with van der Waals surface area (Å²) in [6, 6.07) is 14.4. The second-order valence-corrected chi connectivity index (χ2v) is 7.77. The smallest absolute Gasteiger partial charge is 0.253 e. The SMILES string of the molecule is CC(C)(O)CCc1ccc(C(=O)N2CC[C@@H](c3ccccc3F)C2)cc1. The molecule has 1 aliphatic rings. The molecule has 0 bridgehead atoms. The van der Waals surface area contributed by atoms with Crippen LogP contribution in [0.3, 0.4) is 0 Å². The number of aliphatic hydroxyl groups is 1. The summed E-state index contributed by atoms with van der Waals surface area (Å²) >= 11 is 0. The predicted octanol–water partition coefficient (Wildman–Crippen LogP) is 4.16. The van der Waals surface area contributed by atoms with Crippen LogP contribution in [-0.2, 0) is 6.42 Å². The molecule has 3 nitrogen and oxygen atoms in total. The minimum Gasteiger partial charge on any atom is -0.390 e. The van der Waals surface area contributed by atoms with E-state index in [1.54, 1.807) is 19.9 Å². The van der Waals surface area contributed by atoms with Crippen molar-refractivity contribution in [2.24, 2.45) is 0 Å². The van der Waals surface area contributed by atoms with Gasteiger partial charge in [-0.15, -0.1) is 0 Å². The average Bonchev–Trinajstić information content (AvgIpc) is 3.09. The van der Waals surface area contributed by atoms with Crippen LogP contribution in [0.5, 0.6) is 0 Å². The molecule has 1 atom stereocenters. The third kappa shape index (κ3) is 4.50. The Morgan fingerprint density at radius 1 is 1.19 bits per heavy atom. The van der Waals surface area contributed by atoms with Crippen LogP contribution >= 0.6 is 0 Å². The second kappa shape index (κ2) is 7.58. The summed E-state index contributed by atoms with van der Waals surface area (Å²) < 4.78 is 14.0. The summed E-state index contributed by atoms with van der Waals surface area (Å²) in [5, 5.41) is 9.82. The first kappa shape index (κ1) is 18.6. The van der Waals surface area contributed by atoms with Gasteiger partial charge in [-0.3, -0.25) is 4.79 Å². The van der Waals surface area contributed by atoms with E-state index >= 15 is 0 Å². The Labute approximate surface area is 154 Å². The summed E-state index contributed by atoms with van der Waals surface area (Å²) in [6.45, 7) is 4.80. The fourth-order valence-corrected chi connectivity index (χ4v) is 3.45. The van der Waals surface area contributed by atoms with Crippen molar-refractivity contribution in [3.8, 4) is 0 Å². The summed E-state index contributed by atoms with van der Waals surface area (Å²) in [5.74, 6) is -0.132. The molecular weight excluding hydrogens is 329 g/mol. The van der Waals surface area contributed by atoms with Crippen LogP contribution in [-0.4, -0.2) is 34.6 Å². The standard InChI is InChI=1S/C22H26FNO2/c1-22(2,26)13-11-16-7-9-17(10-8-16)21(25)24-14-12-18(15-24)19-5-3-4-6-20(19)23/h3-10,18,26H,11-15H2,1-2H3/t18-/m1/s1. The molecule has 1 amide bonds. The van der Waals surface area contributed by atoms with Crippen LogP contribution in [0.4, 0.5) is 4.39 Å². The lowest BCUT2D eigenvalue weighted by molar-refractivity contribution is 0.0713. The van der Waals surface area contributed by atoms with Crippen LogP contribution in [0.2, 0.25) is 0 Å². The molecule has 1 heterocycles. The quantitative estimate of drug-likeness (QED) is 0.875. The topological polar surface area (TPSA) is 40.5 Å². The third-order valence-corrected chi connectivity index (χ3v) is 5.05. The molecule has 1 fully saturated rings. The molecule has 26 heavy (non-hydrogen) atoms. The van der Waals surface area contributed by atoms with Crippen LogP contribution in [0.1, 0.15) is 54.1 Å². The largest absolute Gasteiger partial charge is 0.390 e. The highest BCUT2D eigenvalue weighted by Crippen LogP contribution is 2.29.